The van der Waals surface area contributed by atoms with Gasteiger partial charge in [0.25, 0.3) is 0 Å². The molecule has 1 atom stereocenters. The number of pyridine rings is 1. The number of hydrogen-bond acceptors (Lipinski definition) is 4. The molecule has 0 aliphatic rings. The lowest BCUT2D eigenvalue weighted by molar-refractivity contribution is 0.215. The lowest BCUT2D eigenvalue weighted by Gasteiger charge is -2.35. The number of nitrogens with zero attached hydrogens (tertiary/aromatic N) is 2. The van der Waals surface area contributed by atoms with Crippen LogP contribution in [0.4, 0.5) is 5.82 Å². The van der Waals surface area contributed by atoms with Crippen molar-refractivity contribution in [1.29, 1.82) is 0 Å². The van der Waals surface area contributed by atoms with Crippen LogP contribution in [-0.4, -0.2) is 29.3 Å². The van der Waals surface area contributed by atoms with E-state index in [9.17, 15) is 5.11 Å². The van der Waals surface area contributed by atoms with Gasteiger partial charge in [0.2, 0.25) is 0 Å². The third-order valence-electron chi connectivity index (χ3n) is 2.93. The first-order valence-electron chi connectivity index (χ1n) is 5.44. The highest BCUT2D eigenvalue weighted by atomic mass is 16.3. The van der Waals surface area contributed by atoms with Gasteiger partial charge in [-0.05, 0) is 38.5 Å². The van der Waals surface area contributed by atoms with Gasteiger partial charge in [-0.25, -0.2) is 4.98 Å². The molecule has 0 saturated heterocycles. The second-order valence-electron chi connectivity index (χ2n) is 4.77. The van der Waals surface area contributed by atoms with Crippen molar-refractivity contribution >= 4 is 5.82 Å². The highest BCUT2D eigenvalue weighted by molar-refractivity contribution is 5.43. The predicted octanol–water partition coefficient (Wildman–Crippen LogP) is 1.31. The van der Waals surface area contributed by atoms with E-state index in [2.05, 4.69) is 4.98 Å². The maximum Gasteiger partial charge on any atom is 0.129 e. The van der Waals surface area contributed by atoms with Crippen LogP contribution in [0, 0.1) is 0 Å². The normalized spacial score (nSPS) is 13.6. The van der Waals surface area contributed by atoms with E-state index in [0.29, 0.717) is 0 Å². The molecule has 1 heterocycles. The van der Waals surface area contributed by atoms with Crippen molar-refractivity contribution in [3.8, 4) is 0 Å². The average molecular weight is 223 g/mol. The van der Waals surface area contributed by atoms with Crippen LogP contribution in [-0.2, 0) is 0 Å². The molecule has 1 aromatic heterocycles. The molecule has 3 N–H and O–H groups in total. The number of aliphatic hydroxyl groups is 1. The summed E-state index contributed by atoms with van der Waals surface area (Å²) in [5, 5.41) is 9.31. The van der Waals surface area contributed by atoms with Gasteiger partial charge in [-0.3, -0.25) is 0 Å². The van der Waals surface area contributed by atoms with Gasteiger partial charge in [0.15, 0.2) is 0 Å². The standard InChI is InChI=1S/C12H21N3O/c1-9(13)10-5-6-14-11(7-10)15(4)12(2,3)8-16/h5-7,9,16H,8,13H2,1-4H3. The first kappa shape index (κ1) is 12.9. The predicted molar refractivity (Wildman–Crippen MR) is 66.4 cm³/mol. The summed E-state index contributed by atoms with van der Waals surface area (Å²) in [5.41, 5.74) is 6.55. The number of nitrogens with two attached hydrogens (primary N) is 1. The van der Waals surface area contributed by atoms with Crippen LogP contribution in [0.15, 0.2) is 18.3 Å². The molecule has 0 spiro atoms. The second kappa shape index (κ2) is 4.80. The number of likely N-dealkylation sites (N-methyl/N-ethyl adjacent to an activating group) is 1. The van der Waals surface area contributed by atoms with E-state index < -0.39 is 0 Å². The third kappa shape index (κ3) is 2.71. The highest BCUT2D eigenvalue weighted by Crippen LogP contribution is 2.22. The molecule has 16 heavy (non-hydrogen) atoms. The lowest BCUT2D eigenvalue weighted by atomic mass is 10.0. The average Bonchev–Trinajstić information content (AvgIpc) is 2.28. The largest absolute Gasteiger partial charge is 0.394 e. The zero-order chi connectivity index (χ0) is 12.3. The Kier molecular flexibility index (Phi) is 3.88. The number of aromatic nitrogens is 1. The molecule has 0 aromatic carbocycles. The molecule has 1 unspecified atom stereocenters. The molecule has 90 valence electrons. The molecule has 1 rings (SSSR count). The third-order valence-corrected chi connectivity index (χ3v) is 2.93. The molecule has 0 saturated carbocycles. The molecule has 0 fully saturated rings. The van der Waals surface area contributed by atoms with Gasteiger partial charge in [-0.1, -0.05) is 0 Å². The first-order chi connectivity index (χ1) is 7.38. The Balaban J connectivity index is 3.00. The van der Waals surface area contributed by atoms with E-state index in [1.54, 1.807) is 6.20 Å². The number of anilines is 1. The molecular weight excluding hydrogens is 202 g/mol. The minimum absolute atomic E-state index is 0.00705. The van der Waals surface area contributed by atoms with Crippen molar-refractivity contribution in [2.45, 2.75) is 32.4 Å². The SMILES string of the molecule is CC(N)c1ccnc(N(C)C(C)(C)CO)c1. The van der Waals surface area contributed by atoms with Crippen LogP contribution in [0.3, 0.4) is 0 Å². The van der Waals surface area contributed by atoms with Crippen LogP contribution in [0.5, 0.6) is 0 Å². The molecule has 0 bridgehead atoms. The van der Waals surface area contributed by atoms with Gasteiger partial charge in [-0.15, -0.1) is 0 Å². The zero-order valence-electron chi connectivity index (χ0n) is 10.4. The van der Waals surface area contributed by atoms with Gasteiger partial charge in [0.05, 0.1) is 12.1 Å². The minimum atomic E-state index is -0.330. The fraction of sp³-hybridized carbons (Fsp3) is 0.583. The van der Waals surface area contributed by atoms with Crippen molar-refractivity contribution in [1.82, 2.24) is 4.98 Å². The topological polar surface area (TPSA) is 62.4 Å². The molecule has 0 aliphatic heterocycles. The smallest absolute Gasteiger partial charge is 0.129 e. The fourth-order valence-electron chi connectivity index (χ4n) is 1.32. The molecule has 0 amide bonds. The quantitative estimate of drug-likeness (QED) is 0.808. The maximum absolute atomic E-state index is 9.31. The summed E-state index contributed by atoms with van der Waals surface area (Å²) in [7, 11) is 1.92. The second-order valence-corrected chi connectivity index (χ2v) is 4.77. The van der Waals surface area contributed by atoms with Crippen LogP contribution < -0.4 is 10.6 Å². The molecule has 0 aliphatic carbocycles. The molecule has 4 heteroatoms. The Morgan fingerprint density at radius 3 is 2.69 bits per heavy atom. The summed E-state index contributed by atoms with van der Waals surface area (Å²) in [6.07, 6.45) is 1.75. The number of aliphatic hydroxyl groups excluding tert-OH is 1. The van der Waals surface area contributed by atoms with Crippen molar-refractivity contribution in [2.75, 3.05) is 18.6 Å². The first-order valence-corrected chi connectivity index (χ1v) is 5.44. The van der Waals surface area contributed by atoms with Crippen LogP contribution in [0.2, 0.25) is 0 Å². The van der Waals surface area contributed by atoms with Gasteiger partial charge in [-0.2, -0.15) is 0 Å². The van der Waals surface area contributed by atoms with Crippen LogP contribution >= 0.6 is 0 Å². The van der Waals surface area contributed by atoms with E-state index >= 15 is 0 Å². The van der Waals surface area contributed by atoms with Gasteiger partial charge in [0.1, 0.15) is 5.82 Å². The minimum Gasteiger partial charge on any atom is -0.394 e. The van der Waals surface area contributed by atoms with E-state index in [1.807, 2.05) is 44.9 Å². The summed E-state index contributed by atoms with van der Waals surface area (Å²) in [4.78, 5) is 6.25. The van der Waals surface area contributed by atoms with E-state index in [-0.39, 0.29) is 18.2 Å². The van der Waals surface area contributed by atoms with Gasteiger partial charge < -0.3 is 15.7 Å². The summed E-state index contributed by atoms with van der Waals surface area (Å²) in [6, 6.07) is 3.86. The van der Waals surface area contributed by atoms with Crippen molar-refractivity contribution in [3.63, 3.8) is 0 Å². The summed E-state index contributed by atoms with van der Waals surface area (Å²) < 4.78 is 0. The van der Waals surface area contributed by atoms with Crippen LogP contribution in [0.1, 0.15) is 32.4 Å². The monoisotopic (exact) mass is 223 g/mol. The zero-order valence-corrected chi connectivity index (χ0v) is 10.4. The number of rotatable bonds is 4. The molecular formula is C12H21N3O. The Morgan fingerprint density at radius 2 is 2.19 bits per heavy atom. The van der Waals surface area contributed by atoms with Crippen LogP contribution in [0.25, 0.3) is 0 Å². The van der Waals surface area contributed by atoms with Crippen molar-refractivity contribution < 1.29 is 5.11 Å². The van der Waals surface area contributed by atoms with E-state index in [1.165, 1.54) is 0 Å². The summed E-state index contributed by atoms with van der Waals surface area (Å²) in [6.45, 7) is 5.95. The van der Waals surface area contributed by atoms with Crippen molar-refractivity contribution in [2.24, 2.45) is 5.73 Å². The number of hydrogen-bond donors (Lipinski definition) is 2. The summed E-state index contributed by atoms with van der Waals surface area (Å²) >= 11 is 0. The molecule has 4 nitrogen and oxygen atoms in total. The Bertz CT molecular complexity index is 350. The fourth-order valence-corrected chi connectivity index (χ4v) is 1.32. The Hall–Kier alpha value is -1.13. The summed E-state index contributed by atoms with van der Waals surface area (Å²) in [5.74, 6) is 0.828. The molecule has 1 aromatic rings. The highest BCUT2D eigenvalue weighted by Gasteiger charge is 2.23. The molecule has 0 radical (unpaired) electrons. The Morgan fingerprint density at radius 1 is 1.56 bits per heavy atom. The van der Waals surface area contributed by atoms with E-state index in [4.69, 9.17) is 5.73 Å². The van der Waals surface area contributed by atoms with E-state index in [0.717, 1.165) is 11.4 Å². The lowest BCUT2D eigenvalue weighted by Crippen LogP contribution is -2.44. The van der Waals surface area contributed by atoms with Gasteiger partial charge >= 0.3 is 0 Å². The Labute approximate surface area is 97.1 Å². The van der Waals surface area contributed by atoms with Gasteiger partial charge in [0, 0.05) is 19.3 Å². The van der Waals surface area contributed by atoms with Crippen molar-refractivity contribution in [3.05, 3.63) is 23.9 Å². The maximum atomic E-state index is 9.31.